The first-order chi connectivity index (χ1) is 12.9. The number of benzene rings is 1. The van der Waals surface area contributed by atoms with Crippen LogP contribution in [0.5, 0.6) is 0 Å². The third kappa shape index (κ3) is 5.53. The molecule has 1 fully saturated rings. The van der Waals surface area contributed by atoms with Gasteiger partial charge in [-0.1, -0.05) is 0 Å². The van der Waals surface area contributed by atoms with Gasteiger partial charge in [-0.25, -0.2) is 17.5 Å². The summed E-state index contributed by atoms with van der Waals surface area (Å²) in [5.41, 5.74) is 1.67. The SMILES string of the molecule is CCNC(=NCCc1ccn(-c2ccc(F)cc2)n1)NC1CCS(=O)(=O)C1. The van der Waals surface area contributed by atoms with Crippen LogP contribution in [0.1, 0.15) is 19.0 Å². The van der Waals surface area contributed by atoms with Gasteiger partial charge in [-0.2, -0.15) is 5.10 Å². The van der Waals surface area contributed by atoms with Crippen LogP contribution in [0.4, 0.5) is 4.39 Å². The van der Waals surface area contributed by atoms with E-state index in [2.05, 4.69) is 20.7 Å². The minimum Gasteiger partial charge on any atom is -0.357 e. The topological polar surface area (TPSA) is 88.4 Å². The maximum absolute atomic E-state index is 13.0. The van der Waals surface area contributed by atoms with Crippen LogP contribution in [0.3, 0.4) is 0 Å². The fraction of sp³-hybridized carbons (Fsp3) is 0.444. The number of halogens is 1. The Morgan fingerprint density at radius 3 is 2.78 bits per heavy atom. The van der Waals surface area contributed by atoms with E-state index in [0.29, 0.717) is 31.9 Å². The smallest absolute Gasteiger partial charge is 0.191 e. The van der Waals surface area contributed by atoms with Crippen LogP contribution in [0.25, 0.3) is 5.69 Å². The Kier molecular flexibility index (Phi) is 6.10. The van der Waals surface area contributed by atoms with Crippen molar-refractivity contribution in [2.75, 3.05) is 24.6 Å². The fourth-order valence-electron chi connectivity index (χ4n) is 2.94. The number of aliphatic imine (C=N–C) groups is 1. The molecule has 146 valence electrons. The molecule has 0 amide bonds. The second-order valence-corrected chi connectivity index (χ2v) is 8.71. The Balaban J connectivity index is 1.57. The molecule has 0 radical (unpaired) electrons. The van der Waals surface area contributed by atoms with Crippen LogP contribution >= 0.6 is 0 Å². The van der Waals surface area contributed by atoms with Crippen molar-refractivity contribution in [1.29, 1.82) is 0 Å². The molecule has 1 atom stereocenters. The number of aromatic nitrogens is 2. The van der Waals surface area contributed by atoms with E-state index in [-0.39, 0.29) is 23.4 Å². The monoisotopic (exact) mass is 393 g/mol. The summed E-state index contributed by atoms with van der Waals surface area (Å²) >= 11 is 0. The van der Waals surface area contributed by atoms with Crippen molar-refractivity contribution in [3.8, 4) is 5.69 Å². The first-order valence-corrected chi connectivity index (χ1v) is 10.8. The molecule has 2 aromatic rings. The second kappa shape index (κ2) is 8.51. The Labute approximate surface area is 158 Å². The summed E-state index contributed by atoms with van der Waals surface area (Å²) in [6.07, 6.45) is 3.09. The van der Waals surface area contributed by atoms with Gasteiger partial charge in [0.1, 0.15) is 5.82 Å². The van der Waals surface area contributed by atoms with E-state index in [1.54, 1.807) is 16.8 Å². The van der Waals surface area contributed by atoms with Gasteiger partial charge in [-0.15, -0.1) is 0 Å². The zero-order valence-electron chi connectivity index (χ0n) is 15.2. The molecule has 0 aliphatic carbocycles. The second-order valence-electron chi connectivity index (χ2n) is 6.48. The summed E-state index contributed by atoms with van der Waals surface area (Å²) in [5.74, 6) is 0.723. The van der Waals surface area contributed by atoms with Crippen molar-refractivity contribution in [3.63, 3.8) is 0 Å². The summed E-state index contributed by atoms with van der Waals surface area (Å²) in [4.78, 5) is 4.51. The molecule has 1 aromatic carbocycles. The summed E-state index contributed by atoms with van der Waals surface area (Å²) in [5, 5.41) is 10.8. The lowest BCUT2D eigenvalue weighted by Crippen LogP contribution is -2.44. The van der Waals surface area contributed by atoms with Gasteiger partial charge >= 0.3 is 0 Å². The number of hydrogen-bond acceptors (Lipinski definition) is 4. The van der Waals surface area contributed by atoms with E-state index < -0.39 is 9.84 Å². The van der Waals surface area contributed by atoms with Crippen LogP contribution < -0.4 is 10.6 Å². The molecule has 0 bridgehead atoms. The summed E-state index contributed by atoms with van der Waals surface area (Å²) in [7, 11) is -2.93. The van der Waals surface area contributed by atoms with Gasteiger partial charge in [0.05, 0.1) is 22.9 Å². The standard InChI is InChI=1S/C18H24FN5O2S/c1-2-20-18(22-16-9-12-27(25,26)13-16)21-10-7-15-8-11-24(23-15)17-5-3-14(19)4-6-17/h3-6,8,11,16H,2,7,9-10,12-13H2,1H3,(H2,20,21,22). The summed E-state index contributed by atoms with van der Waals surface area (Å²) < 4.78 is 37.9. The van der Waals surface area contributed by atoms with Gasteiger partial charge in [0.15, 0.2) is 15.8 Å². The van der Waals surface area contributed by atoms with Crippen LogP contribution in [-0.4, -0.2) is 54.8 Å². The van der Waals surface area contributed by atoms with Gasteiger partial charge in [-0.05, 0) is 43.7 Å². The van der Waals surface area contributed by atoms with Crippen molar-refractivity contribution >= 4 is 15.8 Å². The highest BCUT2D eigenvalue weighted by Crippen LogP contribution is 2.11. The highest BCUT2D eigenvalue weighted by Gasteiger charge is 2.28. The van der Waals surface area contributed by atoms with Crippen molar-refractivity contribution in [2.24, 2.45) is 4.99 Å². The Bertz CT molecular complexity index is 893. The summed E-state index contributed by atoms with van der Waals surface area (Å²) in [6.45, 7) is 3.19. The quantitative estimate of drug-likeness (QED) is 0.570. The lowest BCUT2D eigenvalue weighted by atomic mass is 10.3. The van der Waals surface area contributed by atoms with Crippen molar-refractivity contribution in [3.05, 3.63) is 48.0 Å². The molecule has 1 aliphatic heterocycles. The van der Waals surface area contributed by atoms with E-state index in [1.165, 1.54) is 12.1 Å². The van der Waals surface area contributed by atoms with Crippen LogP contribution in [0.2, 0.25) is 0 Å². The first-order valence-electron chi connectivity index (χ1n) is 9.01. The van der Waals surface area contributed by atoms with E-state index in [0.717, 1.165) is 11.4 Å². The van der Waals surface area contributed by atoms with Crippen molar-refractivity contribution in [1.82, 2.24) is 20.4 Å². The minimum atomic E-state index is -2.93. The molecule has 2 N–H and O–H groups in total. The number of rotatable bonds is 6. The molecule has 1 unspecified atom stereocenters. The molecule has 9 heteroatoms. The number of guanidine groups is 1. The minimum absolute atomic E-state index is 0.0921. The Morgan fingerprint density at radius 2 is 2.11 bits per heavy atom. The predicted octanol–water partition coefficient (Wildman–Crippen LogP) is 1.30. The Morgan fingerprint density at radius 1 is 1.33 bits per heavy atom. The van der Waals surface area contributed by atoms with Crippen molar-refractivity contribution < 1.29 is 12.8 Å². The lowest BCUT2D eigenvalue weighted by Gasteiger charge is -2.15. The third-order valence-electron chi connectivity index (χ3n) is 4.29. The summed E-state index contributed by atoms with van der Waals surface area (Å²) in [6, 6.07) is 7.96. The molecule has 1 saturated heterocycles. The zero-order chi connectivity index (χ0) is 19.3. The molecule has 0 saturated carbocycles. The average molecular weight is 393 g/mol. The van der Waals surface area contributed by atoms with Crippen LogP contribution in [0.15, 0.2) is 41.5 Å². The molecule has 1 aliphatic rings. The first kappa shape index (κ1) is 19.3. The maximum Gasteiger partial charge on any atom is 0.191 e. The fourth-order valence-corrected chi connectivity index (χ4v) is 4.61. The van der Waals surface area contributed by atoms with Gasteiger partial charge < -0.3 is 10.6 Å². The Hall–Kier alpha value is -2.42. The van der Waals surface area contributed by atoms with Crippen LogP contribution in [0, 0.1) is 5.82 Å². The number of nitrogens with one attached hydrogen (secondary N) is 2. The molecule has 1 aromatic heterocycles. The normalized spacial score (nSPS) is 19.2. The van der Waals surface area contributed by atoms with E-state index in [9.17, 15) is 12.8 Å². The predicted molar refractivity (Wildman–Crippen MR) is 103 cm³/mol. The molecule has 27 heavy (non-hydrogen) atoms. The van der Waals surface area contributed by atoms with Gasteiger partial charge in [0, 0.05) is 31.7 Å². The zero-order valence-corrected chi connectivity index (χ0v) is 16.0. The third-order valence-corrected chi connectivity index (χ3v) is 6.06. The maximum atomic E-state index is 13.0. The van der Waals surface area contributed by atoms with E-state index >= 15 is 0 Å². The molecule has 0 spiro atoms. The number of sulfone groups is 1. The van der Waals surface area contributed by atoms with Gasteiger partial charge in [-0.3, -0.25) is 4.99 Å². The molecule has 3 rings (SSSR count). The molecular weight excluding hydrogens is 369 g/mol. The number of nitrogens with zero attached hydrogens (tertiary/aromatic N) is 3. The molecular formula is C18H24FN5O2S. The number of hydrogen-bond donors (Lipinski definition) is 2. The highest BCUT2D eigenvalue weighted by molar-refractivity contribution is 7.91. The lowest BCUT2D eigenvalue weighted by molar-refractivity contribution is 0.599. The molecule has 7 nitrogen and oxygen atoms in total. The largest absolute Gasteiger partial charge is 0.357 e. The van der Waals surface area contributed by atoms with Crippen molar-refractivity contribution in [2.45, 2.75) is 25.8 Å². The van der Waals surface area contributed by atoms with E-state index in [1.807, 2.05) is 19.2 Å². The average Bonchev–Trinajstić information content (AvgIpc) is 3.22. The highest BCUT2D eigenvalue weighted by atomic mass is 32.2. The van der Waals surface area contributed by atoms with Crippen LogP contribution in [-0.2, 0) is 16.3 Å². The van der Waals surface area contributed by atoms with E-state index in [4.69, 9.17) is 0 Å². The van der Waals surface area contributed by atoms with Gasteiger partial charge in [0.25, 0.3) is 0 Å². The molecule has 2 heterocycles. The van der Waals surface area contributed by atoms with Gasteiger partial charge in [0.2, 0.25) is 0 Å².